The van der Waals surface area contributed by atoms with Crippen LogP contribution in [0.25, 0.3) is 0 Å². The smallest absolute Gasteiger partial charge is 0.250 e. The lowest BCUT2D eigenvalue weighted by Gasteiger charge is -2.37. The highest BCUT2D eigenvalue weighted by molar-refractivity contribution is 6.74. The van der Waals surface area contributed by atoms with Crippen LogP contribution in [0.2, 0.25) is 18.1 Å². The highest BCUT2D eigenvalue weighted by Gasteiger charge is 2.49. The van der Waals surface area contributed by atoms with Crippen LogP contribution in [0.4, 0.5) is 0 Å². The van der Waals surface area contributed by atoms with Crippen molar-refractivity contribution in [2.45, 2.75) is 75.3 Å². The second-order valence-electron chi connectivity index (χ2n) is 13.9. The molecule has 250 valence electrons. The van der Waals surface area contributed by atoms with Crippen molar-refractivity contribution >= 4 is 14.6 Å². The molecule has 6 heteroatoms. The Morgan fingerprint density at radius 1 is 0.812 bits per heavy atom. The first-order valence-electron chi connectivity index (χ1n) is 16.7. The lowest BCUT2D eigenvalue weighted by molar-refractivity contribution is -0.104. The molecule has 1 fully saturated rings. The first-order valence-corrected chi connectivity index (χ1v) is 19.6. The largest absolute Gasteiger partial charge is 0.544 e. The molecule has 0 aromatic heterocycles. The quantitative estimate of drug-likeness (QED) is 0.0443. The number of benzene rings is 4. The average molecular weight is 661 g/mol. The number of carbonyl (C=O) groups excluding carboxylic acids is 1. The zero-order chi connectivity index (χ0) is 34.3. The van der Waals surface area contributed by atoms with Crippen LogP contribution in [0.5, 0.6) is 5.75 Å². The average Bonchev–Trinajstić information content (AvgIpc) is 3.44. The molecule has 1 heterocycles. The number of aldehydes is 1. The van der Waals surface area contributed by atoms with Gasteiger partial charge in [0.05, 0.1) is 12.7 Å². The molecule has 5 nitrogen and oxygen atoms in total. The summed E-state index contributed by atoms with van der Waals surface area (Å²) >= 11 is 0. The van der Waals surface area contributed by atoms with Crippen LogP contribution in [0.15, 0.2) is 140 Å². The van der Waals surface area contributed by atoms with Gasteiger partial charge in [-0.2, -0.15) is 0 Å². The van der Waals surface area contributed by atoms with Crippen LogP contribution < -0.4 is 4.43 Å². The highest BCUT2D eigenvalue weighted by atomic mass is 28.4. The molecule has 0 spiro atoms. The van der Waals surface area contributed by atoms with Gasteiger partial charge in [-0.05, 0) is 65.5 Å². The van der Waals surface area contributed by atoms with E-state index in [-0.39, 0.29) is 11.1 Å². The zero-order valence-corrected chi connectivity index (χ0v) is 29.8. The molecule has 0 unspecified atom stereocenters. The molecule has 0 saturated carbocycles. The number of ether oxygens (including phenoxy) is 3. The Hall–Kier alpha value is -4.07. The molecule has 48 heavy (non-hydrogen) atoms. The van der Waals surface area contributed by atoms with Crippen LogP contribution in [-0.2, 0) is 24.6 Å². The minimum atomic E-state index is -1.99. The minimum absolute atomic E-state index is 0.0902. The van der Waals surface area contributed by atoms with E-state index in [0.29, 0.717) is 19.4 Å². The summed E-state index contributed by atoms with van der Waals surface area (Å²) in [4.78, 5) is 11.7. The molecule has 0 amide bonds. The van der Waals surface area contributed by atoms with Crippen LogP contribution >= 0.6 is 0 Å². The zero-order valence-electron chi connectivity index (χ0n) is 28.8. The number of hydrogen-bond acceptors (Lipinski definition) is 5. The first kappa shape index (κ1) is 35.2. The van der Waals surface area contributed by atoms with Crippen molar-refractivity contribution in [3.8, 4) is 5.75 Å². The molecule has 1 aliphatic rings. The molecular weight excluding hydrogens is 613 g/mol. The van der Waals surface area contributed by atoms with E-state index < -0.39 is 25.8 Å². The Labute approximate surface area is 287 Å². The van der Waals surface area contributed by atoms with Crippen LogP contribution in [0, 0.1) is 0 Å². The maximum absolute atomic E-state index is 11.7. The van der Waals surface area contributed by atoms with Crippen molar-refractivity contribution in [1.29, 1.82) is 0 Å². The van der Waals surface area contributed by atoms with Crippen molar-refractivity contribution in [2.24, 2.45) is 0 Å². The standard InChI is InChI=1S/C42H48O5Si/c1-7-18-38-41(29-17-31-43,46-39(45-38)33-25-27-37(28-26-33)47-48(5,6)40(2,3)4)30-32-44-42(34-19-11-8-12-20-34,35-21-13-9-14-22-35)36-23-15-10-16-24-36/h7-17,19-29,31,38-39H,1,18,30,32H2,2-6H3/b29-17+/t38-,39-,41+/m1/s1. The van der Waals surface area contributed by atoms with Crippen molar-refractivity contribution in [2.75, 3.05) is 6.61 Å². The summed E-state index contributed by atoms with van der Waals surface area (Å²) in [6.45, 7) is 15.5. The normalized spacial score (nSPS) is 20.1. The van der Waals surface area contributed by atoms with Gasteiger partial charge in [0.1, 0.15) is 23.2 Å². The predicted molar refractivity (Wildman–Crippen MR) is 195 cm³/mol. The Morgan fingerprint density at radius 3 is 1.79 bits per heavy atom. The number of carbonyl (C=O) groups is 1. The number of rotatable bonds is 14. The molecule has 0 bridgehead atoms. The summed E-state index contributed by atoms with van der Waals surface area (Å²) in [7, 11) is -1.99. The molecule has 0 aliphatic carbocycles. The predicted octanol–water partition coefficient (Wildman–Crippen LogP) is 9.95. The fraction of sp³-hybridized carbons (Fsp3) is 0.310. The third kappa shape index (κ3) is 7.48. The van der Waals surface area contributed by atoms with Crippen molar-refractivity contribution in [3.63, 3.8) is 0 Å². The van der Waals surface area contributed by atoms with Gasteiger partial charge in [-0.25, -0.2) is 0 Å². The lowest BCUT2D eigenvalue weighted by Crippen LogP contribution is -2.43. The molecule has 1 saturated heterocycles. The van der Waals surface area contributed by atoms with Gasteiger partial charge in [-0.15, -0.1) is 6.58 Å². The van der Waals surface area contributed by atoms with E-state index in [1.54, 1.807) is 0 Å². The van der Waals surface area contributed by atoms with Crippen molar-refractivity contribution < 1.29 is 23.4 Å². The Bertz CT molecular complexity index is 1550. The summed E-state index contributed by atoms with van der Waals surface area (Å²) < 4.78 is 27.0. The first-order chi connectivity index (χ1) is 23.0. The molecule has 4 aromatic carbocycles. The van der Waals surface area contributed by atoms with E-state index in [2.05, 4.69) is 76.8 Å². The Kier molecular flexibility index (Phi) is 11.0. The fourth-order valence-electron chi connectivity index (χ4n) is 6.05. The van der Waals surface area contributed by atoms with Crippen molar-refractivity contribution in [3.05, 3.63) is 162 Å². The monoisotopic (exact) mass is 660 g/mol. The lowest BCUT2D eigenvalue weighted by atomic mass is 9.80. The topological polar surface area (TPSA) is 54.0 Å². The van der Waals surface area contributed by atoms with Gasteiger partial charge in [0.15, 0.2) is 6.29 Å². The highest BCUT2D eigenvalue weighted by Crippen LogP contribution is 2.46. The summed E-state index contributed by atoms with van der Waals surface area (Å²) in [6, 6.07) is 38.9. The molecule has 4 aromatic rings. The van der Waals surface area contributed by atoms with Gasteiger partial charge < -0.3 is 18.6 Å². The second kappa shape index (κ2) is 15.0. The molecule has 5 rings (SSSR count). The van der Waals surface area contributed by atoms with Gasteiger partial charge in [-0.3, -0.25) is 4.79 Å². The van der Waals surface area contributed by atoms with Gasteiger partial charge in [-0.1, -0.05) is 130 Å². The second-order valence-corrected chi connectivity index (χ2v) is 18.6. The van der Waals surface area contributed by atoms with E-state index in [0.717, 1.165) is 34.3 Å². The summed E-state index contributed by atoms with van der Waals surface area (Å²) in [6.07, 6.45) is 5.87. The van der Waals surface area contributed by atoms with Crippen LogP contribution in [0.1, 0.15) is 62.2 Å². The van der Waals surface area contributed by atoms with Gasteiger partial charge >= 0.3 is 0 Å². The SMILES string of the molecule is C=CC[C@H]1O[C@@H](c2ccc(O[Si](C)(C)C(C)(C)C)cc2)O[C@@]1(/C=C/C=O)CCOC(c1ccccc1)(c1ccccc1)c1ccccc1. The van der Waals surface area contributed by atoms with Crippen molar-refractivity contribution in [1.82, 2.24) is 0 Å². The Balaban J connectivity index is 1.46. The maximum atomic E-state index is 11.7. The van der Waals surface area contributed by atoms with E-state index in [9.17, 15) is 4.79 Å². The molecular formula is C42H48O5Si. The van der Waals surface area contributed by atoms with Crippen LogP contribution in [-0.4, -0.2) is 32.9 Å². The number of hydrogen-bond donors (Lipinski definition) is 0. The summed E-state index contributed by atoms with van der Waals surface area (Å²) in [5.41, 5.74) is 2.11. The summed E-state index contributed by atoms with van der Waals surface area (Å²) in [5, 5.41) is 0.0902. The maximum Gasteiger partial charge on any atom is 0.250 e. The number of allylic oxidation sites excluding steroid dienone is 1. The summed E-state index contributed by atoms with van der Waals surface area (Å²) in [5.74, 6) is 0.838. The van der Waals surface area contributed by atoms with E-state index in [4.69, 9.17) is 18.6 Å². The molecule has 3 atom stereocenters. The van der Waals surface area contributed by atoms with E-state index in [1.165, 1.54) is 6.08 Å². The van der Waals surface area contributed by atoms with Crippen LogP contribution in [0.3, 0.4) is 0 Å². The van der Waals surface area contributed by atoms with E-state index in [1.807, 2.05) is 91.0 Å². The Morgan fingerprint density at radius 2 is 1.33 bits per heavy atom. The molecule has 1 aliphatic heterocycles. The van der Waals surface area contributed by atoms with Gasteiger partial charge in [0.2, 0.25) is 8.32 Å². The molecule has 0 radical (unpaired) electrons. The third-order valence-electron chi connectivity index (χ3n) is 9.68. The van der Waals surface area contributed by atoms with Gasteiger partial charge in [0, 0.05) is 12.0 Å². The third-order valence-corrected chi connectivity index (χ3v) is 14.0. The minimum Gasteiger partial charge on any atom is -0.544 e. The van der Waals surface area contributed by atoms with Gasteiger partial charge in [0.25, 0.3) is 0 Å². The molecule has 0 N–H and O–H groups in total. The fourth-order valence-corrected chi connectivity index (χ4v) is 7.08. The van der Waals surface area contributed by atoms with E-state index >= 15 is 0 Å².